The Balaban J connectivity index is 1.91. The number of rotatable bonds is 5. The average Bonchev–Trinajstić information content (AvgIpc) is 2.72. The highest BCUT2D eigenvalue weighted by Gasteiger charge is 2.10. The molecule has 0 aliphatic carbocycles. The molecule has 1 heterocycles. The Kier molecular flexibility index (Phi) is 4.07. The molecule has 1 aromatic heterocycles. The second-order valence-electron chi connectivity index (χ2n) is 3.95. The summed E-state index contributed by atoms with van der Waals surface area (Å²) in [5.41, 5.74) is 8.06. The largest absolute Gasteiger partial charge is 0.297 e. The second kappa shape index (κ2) is 5.75. The molecule has 0 aliphatic rings. The maximum absolute atomic E-state index is 11.3. The van der Waals surface area contributed by atoms with Gasteiger partial charge in [-0.2, -0.15) is 0 Å². The van der Waals surface area contributed by atoms with Gasteiger partial charge in [0.25, 0.3) is 0 Å². The first-order chi connectivity index (χ1) is 8.66. The van der Waals surface area contributed by atoms with E-state index >= 15 is 0 Å². The van der Waals surface area contributed by atoms with E-state index in [-0.39, 0.29) is 5.78 Å². The standard InChI is InChI=1S/C13H15N3OS/c1-9-12(10(2)17)18-13(15-9)16-14-8-11-6-4-3-5-7-11/h3-7,14H,8H2,1-2H3,(H,15,16). The van der Waals surface area contributed by atoms with Crippen LogP contribution in [0.2, 0.25) is 0 Å². The van der Waals surface area contributed by atoms with Crippen molar-refractivity contribution < 1.29 is 4.79 Å². The molecule has 0 spiro atoms. The van der Waals surface area contributed by atoms with Crippen LogP contribution in [0.5, 0.6) is 0 Å². The summed E-state index contributed by atoms with van der Waals surface area (Å²) in [5, 5.41) is 0.716. The van der Waals surface area contributed by atoms with E-state index in [1.54, 1.807) is 6.92 Å². The SMILES string of the molecule is CC(=O)c1sc(NNCc2ccccc2)nc1C. The number of benzene rings is 1. The van der Waals surface area contributed by atoms with Crippen molar-refractivity contribution in [3.63, 3.8) is 0 Å². The fraction of sp³-hybridized carbons (Fsp3) is 0.231. The van der Waals surface area contributed by atoms with E-state index in [1.807, 2.05) is 37.3 Å². The van der Waals surface area contributed by atoms with Crippen LogP contribution in [-0.2, 0) is 6.54 Å². The number of ketones is 1. The lowest BCUT2D eigenvalue weighted by molar-refractivity contribution is 0.102. The molecule has 5 heteroatoms. The fourth-order valence-corrected chi connectivity index (χ4v) is 2.43. The van der Waals surface area contributed by atoms with Gasteiger partial charge in [0, 0.05) is 13.5 Å². The Labute approximate surface area is 110 Å². The van der Waals surface area contributed by atoms with E-state index in [4.69, 9.17) is 0 Å². The van der Waals surface area contributed by atoms with Gasteiger partial charge in [-0.1, -0.05) is 41.7 Å². The Bertz CT molecular complexity index is 536. The highest BCUT2D eigenvalue weighted by molar-refractivity contribution is 7.17. The second-order valence-corrected chi connectivity index (χ2v) is 4.95. The van der Waals surface area contributed by atoms with Crippen molar-refractivity contribution in [1.82, 2.24) is 10.4 Å². The summed E-state index contributed by atoms with van der Waals surface area (Å²) in [7, 11) is 0. The molecule has 0 saturated heterocycles. The Morgan fingerprint density at radius 3 is 2.67 bits per heavy atom. The summed E-state index contributed by atoms with van der Waals surface area (Å²) < 4.78 is 0. The minimum absolute atomic E-state index is 0.0566. The zero-order valence-corrected chi connectivity index (χ0v) is 11.2. The van der Waals surface area contributed by atoms with Crippen LogP contribution in [-0.4, -0.2) is 10.8 Å². The summed E-state index contributed by atoms with van der Waals surface area (Å²) in [5.74, 6) is 0.0566. The number of aromatic nitrogens is 1. The van der Waals surface area contributed by atoms with Crippen molar-refractivity contribution in [2.24, 2.45) is 0 Å². The van der Waals surface area contributed by atoms with Crippen LogP contribution in [0.3, 0.4) is 0 Å². The van der Waals surface area contributed by atoms with Crippen LogP contribution in [0.25, 0.3) is 0 Å². The van der Waals surface area contributed by atoms with Gasteiger partial charge in [-0.15, -0.1) is 0 Å². The van der Waals surface area contributed by atoms with Crippen LogP contribution in [0.15, 0.2) is 30.3 Å². The summed E-state index contributed by atoms with van der Waals surface area (Å²) in [6.07, 6.45) is 0. The average molecular weight is 261 g/mol. The highest BCUT2D eigenvalue weighted by Crippen LogP contribution is 2.22. The Hall–Kier alpha value is -1.72. The molecule has 4 nitrogen and oxygen atoms in total. The third kappa shape index (κ3) is 3.15. The molecule has 18 heavy (non-hydrogen) atoms. The van der Waals surface area contributed by atoms with Crippen molar-refractivity contribution in [2.45, 2.75) is 20.4 Å². The predicted molar refractivity (Wildman–Crippen MR) is 73.8 cm³/mol. The summed E-state index contributed by atoms with van der Waals surface area (Å²) in [6.45, 7) is 4.10. The molecule has 0 aliphatic heterocycles. The van der Waals surface area contributed by atoms with Crippen molar-refractivity contribution in [1.29, 1.82) is 0 Å². The molecule has 0 radical (unpaired) electrons. The van der Waals surface area contributed by atoms with Crippen molar-refractivity contribution >= 4 is 22.3 Å². The number of nitrogens with one attached hydrogen (secondary N) is 2. The Morgan fingerprint density at radius 2 is 2.06 bits per heavy atom. The van der Waals surface area contributed by atoms with Gasteiger partial charge >= 0.3 is 0 Å². The van der Waals surface area contributed by atoms with E-state index in [0.29, 0.717) is 16.6 Å². The van der Waals surface area contributed by atoms with Crippen molar-refractivity contribution in [3.05, 3.63) is 46.5 Å². The number of hydrazine groups is 1. The number of carbonyl (C=O) groups is 1. The first-order valence-corrected chi connectivity index (χ1v) is 6.49. The highest BCUT2D eigenvalue weighted by atomic mass is 32.1. The first-order valence-electron chi connectivity index (χ1n) is 5.68. The van der Waals surface area contributed by atoms with Crippen LogP contribution >= 0.6 is 11.3 Å². The van der Waals surface area contributed by atoms with Gasteiger partial charge in [-0.3, -0.25) is 10.2 Å². The van der Waals surface area contributed by atoms with Crippen LogP contribution < -0.4 is 10.9 Å². The maximum atomic E-state index is 11.3. The van der Waals surface area contributed by atoms with E-state index in [9.17, 15) is 4.79 Å². The minimum atomic E-state index is 0.0566. The fourth-order valence-electron chi connectivity index (χ4n) is 1.59. The Morgan fingerprint density at radius 1 is 1.33 bits per heavy atom. The van der Waals surface area contributed by atoms with E-state index in [1.165, 1.54) is 16.9 Å². The quantitative estimate of drug-likeness (QED) is 0.642. The van der Waals surface area contributed by atoms with Gasteiger partial charge in [0.15, 0.2) is 10.9 Å². The maximum Gasteiger partial charge on any atom is 0.198 e. The predicted octanol–water partition coefficient (Wildman–Crippen LogP) is 2.77. The monoisotopic (exact) mass is 261 g/mol. The van der Waals surface area contributed by atoms with Gasteiger partial charge in [0.2, 0.25) is 0 Å². The molecule has 1 aromatic carbocycles. The number of thiazole rings is 1. The molecular formula is C13H15N3OS. The number of Topliss-reactive ketones (excluding diaryl/α,β-unsaturated/α-hetero) is 1. The van der Waals surface area contributed by atoms with E-state index in [2.05, 4.69) is 15.8 Å². The van der Waals surface area contributed by atoms with E-state index in [0.717, 1.165) is 5.69 Å². The molecule has 0 fully saturated rings. The van der Waals surface area contributed by atoms with Crippen molar-refractivity contribution in [3.8, 4) is 0 Å². The third-order valence-corrected chi connectivity index (χ3v) is 3.62. The molecule has 2 aromatic rings. The molecule has 94 valence electrons. The van der Waals surface area contributed by atoms with E-state index < -0.39 is 0 Å². The molecule has 0 saturated carbocycles. The summed E-state index contributed by atoms with van der Waals surface area (Å²) >= 11 is 1.37. The number of hydrogen-bond acceptors (Lipinski definition) is 5. The lowest BCUT2D eigenvalue weighted by atomic mass is 10.2. The third-order valence-electron chi connectivity index (χ3n) is 2.45. The van der Waals surface area contributed by atoms with Crippen LogP contribution in [0.4, 0.5) is 5.13 Å². The lowest BCUT2D eigenvalue weighted by Crippen LogP contribution is -2.20. The number of carbonyl (C=O) groups excluding carboxylic acids is 1. The van der Waals surface area contributed by atoms with Gasteiger partial charge < -0.3 is 0 Å². The lowest BCUT2D eigenvalue weighted by Gasteiger charge is -2.04. The topological polar surface area (TPSA) is 54.0 Å². The first kappa shape index (κ1) is 12.7. The van der Waals surface area contributed by atoms with Gasteiger partial charge in [-0.25, -0.2) is 10.4 Å². The van der Waals surface area contributed by atoms with Crippen LogP contribution in [0.1, 0.15) is 27.9 Å². The molecule has 0 atom stereocenters. The van der Waals surface area contributed by atoms with Gasteiger partial charge in [0.1, 0.15) is 0 Å². The smallest absolute Gasteiger partial charge is 0.198 e. The summed E-state index contributed by atoms with van der Waals surface area (Å²) in [6, 6.07) is 10.1. The zero-order chi connectivity index (χ0) is 13.0. The molecule has 2 N–H and O–H groups in total. The molecule has 0 bridgehead atoms. The normalized spacial score (nSPS) is 10.3. The number of nitrogens with zero attached hydrogens (tertiary/aromatic N) is 1. The number of hydrogen-bond donors (Lipinski definition) is 2. The zero-order valence-electron chi connectivity index (χ0n) is 10.4. The van der Waals surface area contributed by atoms with Crippen molar-refractivity contribution in [2.75, 3.05) is 5.43 Å². The van der Waals surface area contributed by atoms with Gasteiger partial charge in [-0.05, 0) is 12.5 Å². The molecule has 0 unspecified atom stereocenters. The minimum Gasteiger partial charge on any atom is -0.297 e. The van der Waals surface area contributed by atoms with Crippen LogP contribution in [0, 0.1) is 6.92 Å². The number of aryl methyl sites for hydroxylation is 1. The number of anilines is 1. The van der Waals surface area contributed by atoms with Gasteiger partial charge in [0.05, 0.1) is 10.6 Å². The molecule has 0 amide bonds. The molecule has 2 rings (SSSR count). The summed E-state index contributed by atoms with van der Waals surface area (Å²) in [4.78, 5) is 16.3. The molecular weight excluding hydrogens is 246 g/mol.